The lowest BCUT2D eigenvalue weighted by Crippen LogP contribution is -1.96. The van der Waals surface area contributed by atoms with Crippen molar-refractivity contribution < 1.29 is 0 Å². The maximum atomic E-state index is 2.34. The Bertz CT molecular complexity index is 1070. The molecule has 0 unspecified atom stereocenters. The van der Waals surface area contributed by atoms with Crippen molar-refractivity contribution in [3.05, 3.63) is 117 Å². The van der Waals surface area contributed by atoms with Crippen LogP contribution < -0.4 is 0 Å². The van der Waals surface area contributed by atoms with Gasteiger partial charge in [-0.15, -0.1) is 0 Å². The van der Waals surface area contributed by atoms with Crippen LogP contribution in [0.4, 0.5) is 0 Å². The van der Waals surface area contributed by atoms with E-state index in [1.165, 1.54) is 68.1 Å². The van der Waals surface area contributed by atoms with Crippen LogP contribution in [-0.4, -0.2) is 0 Å². The highest BCUT2D eigenvalue weighted by atomic mass is 14.1. The lowest BCUT2D eigenvalue weighted by molar-refractivity contribution is 0.819. The normalized spacial score (nSPS) is 11.2. The van der Waals surface area contributed by atoms with Gasteiger partial charge in [0.2, 0.25) is 0 Å². The summed E-state index contributed by atoms with van der Waals surface area (Å²) in [7, 11) is 0. The first-order chi connectivity index (χ1) is 15.5. The molecule has 0 radical (unpaired) electrons. The number of rotatable bonds is 8. The zero-order valence-electron chi connectivity index (χ0n) is 20.2. The third-order valence-corrected chi connectivity index (χ3v) is 6.49. The Kier molecular flexibility index (Phi) is 7.10. The van der Waals surface area contributed by atoms with Crippen LogP contribution in [-0.2, 0) is 25.7 Å². The summed E-state index contributed by atoms with van der Waals surface area (Å²) >= 11 is 0. The van der Waals surface area contributed by atoms with E-state index in [-0.39, 0.29) is 0 Å². The van der Waals surface area contributed by atoms with Crippen LogP contribution in [0.3, 0.4) is 0 Å². The number of hydrogen-bond donors (Lipinski definition) is 0. The van der Waals surface area contributed by atoms with Gasteiger partial charge in [0.05, 0.1) is 0 Å². The van der Waals surface area contributed by atoms with E-state index >= 15 is 0 Å². The molecular formula is C32H36. The molecule has 0 fully saturated rings. The summed E-state index contributed by atoms with van der Waals surface area (Å²) in [4.78, 5) is 0. The Hall–Kier alpha value is -2.86. The van der Waals surface area contributed by atoms with E-state index < -0.39 is 0 Å². The molecule has 0 heteroatoms. The zero-order valence-corrected chi connectivity index (χ0v) is 20.2. The molecule has 0 saturated carbocycles. The number of benzene rings is 4. The lowest BCUT2D eigenvalue weighted by atomic mass is 9.93. The second-order valence-corrected chi connectivity index (χ2v) is 9.63. The van der Waals surface area contributed by atoms with Crippen LogP contribution in [0.2, 0.25) is 0 Å². The summed E-state index contributed by atoms with van der Waals surface area (Å²) in [5.41, 5.74) is 11.4. The van der Waals surface area contributed by atoms with Crippen molar-refractivity contribution in [1.29, 1.82) is 0 Å². The number of hydrogen-bond acceptors (Lipinski definition) is 0. The Morgan fingerprint density at radius 1 is 0.438 bits per heavy atom. The molecule has 0 saturated heterocycles. The highest BCUT2D eigenvalue weighted by Gasteiger charge is 2.06. The summed E-state index contributed by atoms with van der Waals surface area (Å²) in [6.45, 7) is 8.79. The van der Waals surface area contributed by atoms with E-state index in [0.717, 1.165) is 25.7 Å². The highest BCUT2D eigenvalue weighted by molar-refractivity contribution is 5.88. The number of aryl methyl sites for hydroxylation is 8. The zero-order chi connectivity index (χ0) is 22.5. The Morgan fingerprint density at radius 2 is 0.812 bits per heavy atom. The highest BCUT2D eigenvalue weighted by Crippen LogP contribution is 2.25. The molecule has 0 heterocycles. The minimum absolute atomic E-state index is 1.14. The topological polar surface area (TPSA) is 0 Å². The summed E-state index contributed by atoms with van der Waals surface area (Å²) in [6, 6.07) is 27.6. The van der Waals surface area contributed by atoms with Gasteiger partial charge in [0.25, 0.3) is 0 Å². The van der Waals surface area contributed by atoms with Crippen LogP contribution >= 0.6 is 0 Å². The Balaban J connectivity index is 1.43. The van der Waals surface area contributed by atoms with Crippen LogP contribution in [0.1, 0.15) is 57.3 Å². The van der Waals surface area contributed by atoms with Crippen LogP contribution in [0.15, 0.2) is 72.8 Å². The first-order valence-corrected chi connectivity index (χ1v) is 12.1. The molecule has 0 aromatic heterocycles. The molecule has 4 aromatic carbocycles. The van der Waals surface area contributed by atoms with Gasteiger partial charge < -0.3 is 0 Å². The summed E-state index contributed by atoms with van der Waals surface area (Å²) < 4.78 is 0. The monoisotopic (exact) mass is 420 g/mol. The van der Waals surface area contributed by atoms with E-state index in [1.807, 2.05) is 0 Å². The van der Waals surface area contributed by atoms with E-state index in [1.54, 1.807) is 0 Å². The molecule has 0 aliphatic carbocycles. The molecule has 0 spiro atoms. The van der Waals surface area contributed by atoms with E-state index in [2.05, 4.69) is 100 Å². The van der Waals surface area contributed by atoms with Gasteiger partial charge in [0.15, 0.2) is 0 Å². The predicted molar refractivity (Wildman–Crippen MR) is 140 cm³/mol. The standard InChI is InChI=1S/C32H36/c1-23-17-24(2)20-27(19-23)9-5-11-29-13-7-16-32-30(14-8-15-31(29)32)12-6-10-28-21-25(3)18-26(4)22-28/h7-8,13-22H,5-6,9-12H2,1-4H3. The van der Waals surface area contributed by atoms with Gasteiger partial charge in [-0.1, -0.05) is 95.1 Å². The minimum Gasteiger partial charge on any atom is -0.0613 e. The molecule has 0 bridgehead atoms. The van der Waals surface area contributed by atoms with Crippen molar-refractivity contribution in [1.82, 2.24) is 0 Å². The van der Waals surface area contributed by atoms with Gasteiger partial charge in [0.1, 0.15) is 0 Å². The molecule has 0 aliphatic heterocycles. The van der Waals surface area contributed by atoms with E-state index in [4.69, 9.17) is 0 Å². The summed E-state index contributed by atoms with van der Waals surface area (Å²) in [5.74, 6) is 0. The van der Waals surface area contributed by atoms with Crippen LogP contribution in [0.5, 0.6) is 0 Å². The van der Waals surface area contributed by atoms with Crippen LogP contribution in [0, 0.1) is 27.7 Å². The average Bonchev–Trinajstić information content (AvgIpc) is 2.73. The van der Waals surface area contributed by atoms with Crippen molar-refractivity contribution in [2.45, 2.75) is 66.2 Å². The fourth-order valence-electron chi connectivity index (χ4n) is 5.27. The first kappa shape index (κ1) is 22.3. The summed E-state index contributed by atoms with van der Waals surface area (Å²) in [5, 5.41) is 2.88. The smallest absolute Gasteiger partial charge is 0.0149 e. The Labute approximate surface area is 194 Å². The molecule has 0 nitrogen and oxygen atoms in total. The third kappa shape index (κ3) is 5.68. The molecule has 32 heavy (non-hydrogen) atoms. The van der Waals surface area contributed by atoms with Crippen molar-refractivity contribution in [3.8, 4) is 0 Å². The van der Waals surface area contributed by atoms with Crippen molar-refractivity contribution in [2.75, 3.05) is 0 Å². The Morgan fingerprint density at radius 3 is 1.19 bits per heavy atom. The van der Waals surface area contributed by atoms with Gasteiger partial charge in [-0.05, 0) is 99.2 Å². The SMILES string of the molecule is Cc1cc(C)cc(CCCc2cccc3c(CCCc4cc(C)cc(C)c4)cccc23)c1. The molecule has 0 amide bonds. The maximum Gasteiger partial charge on any atom is -0.0149 e. The van der Waals surface area contributed by atoms with Gasteiger partial charge in [0, 0.05) is 0 Å². The molecule has 0 atom stereocenters. The fraction of sp³-hybridized carbons (Fsp3) is 0.312. The third-order valence-electron chi connectivity index (χ3n) is 6.49. The molecule has 0 aliphatic rings. The molecule has 164 valence electrons. The van der Waals surface area contributed by atoms with Crippen molar-refractivity contribution >= 4 is 10.8 Å². The summed E-state index contributed by atoms with van der Waals surface area (Å²) in [6.07, 6.45) is 6.95. The van der Waals surface area contributed by atoms with Crippen molar-refractivity contribution in [3.63, 3.8) is 0 Å². The predicted octanol–water partition coefficient (Wildman–Crippen LogP) is 8.42. The second-order valence-electron chi connectivity index (χ2n) is 9.63. The lowest BCUT2D eigenvalue weighted by Gasteiger charge is -2.12. The first-order valence-electron chi connectivity index (χ1n) is 12.1. The fourth-order valence-corrected chi connectivity index (χ4v) is 5.27. The van der Waals surface area contributed by atoms with Gasteiger partial charge >= 0.3 is 0 Å². The van der Waals surface area contributed by atoms with Gasteiger partial charge in [-0.25, -0.2) is 0 Å². The van der Waals surface area contributed by atoms with Crippen LogP contribution in [0.25, 0.3) is 10.8 Å². The van der Waals surface area contributed by atoms with E-state index in [9.17, 15) is 0 Å². The van der Waals surface area contributed by atoms with Gasteiger partial charge in [-0.3, -0.25) is 0 Å². The van der Waals surface area contributed by atoms with Gasteiger partial charge in [-0.2, -0.15) is 0 Å². The maximum absolute atomic E-state index is 2.34. The molecule has 4 rings (SSSR count). The van der Waals surface area contributed by atoms with Crippen molar-refractivity contribution in [2.24, 2.45) is 0 Å². The second kappa shape index (κ2) is 10.2. The molecule has 4 aromatic rings. The average molecular weight is 421 g/mol. The quantitative estimate of drug-likeness (QED) is 0.268. The number of fused-ring (bicyclic) bond motifs is 1. The largest absolute Gasteiger partial charge is 0.0613 e. The minimum atomic E-state index is 1.14. The molecular weight excluding hydrogens is 384 g/mol. The molecule has 0 N–H and O–H groups in total. The van der Waals surface area contributed by atoms with E-state index in [0.29, 0.717) is 0 Å².